The Bertz CT molecular complexity index is 1260. The van der Waals surface area contributed by atoms with Crippen LogP contribution in [0.2, 0.25) is 0 Å². The molecule has 10 nitrogen and oxygen atoms in total. The number of benzene rings is 1. The first kappa shape index (κ1) is 26.2. The average molecular weight is 607 g/mol. The summed E-state index contributed by atoms with van der Waals surface area (Å²) >= 11 is 3.32. The summed E-state index contributed by atoms with van der Waals surface area (Å²) in [5.74, 6) is -1.14. The second kappa shape index (κ2) is 13.4. The SMILES string of the molecule is [2H]C([2H])([2H])N1C(CCN(C)C)C(NC(=O)CC(C)(C)CNC(=O)c2cc(Br)cnc2OCC)C(=O)N1c1ccccc1. The number of amides is 3. The Balaban J connectivity index is 1.77. The van der Waals surface area contributed by atoms with Crippen LogP contribution in [0.25, 0.3) is 0 Å². The Morgan fingerprint density at radius 2 is 1.97 bits per heavy atom. The minimum Gasteiger partial charge on any atom is -0.477 e. The van der Waals surface area contributed by atoms with Gasteiger partial charge in [-0.3, -0.25) is 14.4 Å². The van der Waals surface area contributed by atoms with Gasteiger partial charge >= 0.3 is 0 Å². The predicted octanol–water partition coefficient (Wildman–Crippen LogP) is 3.09. The van der Waals surface area contributed by atoms with E-state index in [0.717, 1.165) is 10.0 Å². The second-order valence-electron chi connectivity index (χ2n) is 10.5. The number of hydrazine groups is 1. The molecule has 0 radical (unpaired) electrons. The summed E-state index contributed by atoms with van der Waals surface area (Å²) in [5, 5.41) is 7.93. The van der Waals surface area contributed by atoms with E-state index >= 15 is 0 Å². The van der Waals surface area contributed by atoms with Crippen molar-refractivity contribution < 1.29 is 23.2 Å². The Hall–Kier alpha value is -3.02. The molecule has 11 heteroatoms. The van der Waals surface area contributed by atoms with Crippen molar-refractivity contribution in [2.75, 3.05) is 45.8 Å². The molecular weight excluding hydrogens is 564 g/mol. The third kappa shape index (κ3) is 8.00. The topological polar surface area (TPSA) is 107 Å². The number of carbonyl (C=O) groups excluding carboxylic acids is 3. The number of pyridine rings is 1. The maximum atomic E-state index is 13.7. The van der Waals surface area contributed by atoms with Crippen LogP contribution in [0.1, 0.15) is 48.1 Å². The van der Waals surface area contributed by atoms with E-state index in [4.69, 9.17) is 8.85 Å². The highest BCUT2D eigenvalue weighted by atomic mass is 79.9. The minimum absolute atomic E-state index is 0.0222. The molecule has 0 saturated carbocycles. The van der Waals surface area contributed by atoms with Crippen molar-refractivity contribution in [3.8, 4) is 5.88 Å². The maximum Gasteiger partial charge on any atom is 0.265 e. The highest BCUT2D eigenvalue weighted by Gasteiger charge is 2.46. The van der Waals surface area contributed by atoms with E-state index in [-0.39, 0.29) is 24.4 Å². The summed E-state index contributed by atoms with van der Waals surface area (Å²) in [4.78, 5) is 46.1. The van der Waals surface area contributed by atoms with Crippen LogP contribution in [0.3, 0.4) is 0 Å². The molecule has 1 saturated heterocycles. The zero-order valence-corrected chi connectivity index (χ0v) is 24.6. The summed E-state index contributed by atoms with van der Waals surface area (Å²) < 4.78 is 30.8. The number of anilines is 1. The van der Waals surface area contributed by atoms with Gasteiger partial charge in [-0.25, -0.2) is 15.0 Å². The van der Waals surface area contributed by atoms with E-state index < -0.39 is 42.2 Å². The van der Waals surface area contributed by atoms with Crippen molar-refractivity contribution in [3.63, 3.8) is 0 Å². The number of halogens is 1. The van der Waals surface area contributed by atoms with Crippen LogP contribution in [0.15, 0.2) is 47.1 Å². The quantitative estimate of drug-likeness (QED) is 0.383. The Labute approximate surface area is 243 Å². The molecule has 3 rings (SSSR count). The number of nitrogens with one attached hydrogen (secondary N) is 2. The molecule has 39 heavy (non-hydrogen) atoms. The molecule has 2 atom stereocenters. The molecule has 212 valence electrons. The largest absolute Gasteiger partial charge is 0.477 e. The molecule has 2 heterocycles. The zero-order chi connectivity index (χ0) is 31.2. The molecule has 1 aromatic heterocycles. The van der Waals surface area contributed by atoms with Crippen molar-refractivity contribution in [1.82, 2.24) is 25.5 Å². The molecule has 1 fully saturated rings. The molecule has 0 bridgehead atoms. The van der Waals surface area contributed by atoms with Crippen LogP contribution in [0.4, 0.5) is 5.69 Å². The standard InChI is InChI=1S/C28H39BrN6O4/c1-7-39-26-21(15-19(29)17-30-26)25(37)31-18-28(2,3)16-23(36)32-24-22(13-14-33(4)5)34(6)35(27(24)38)20-11-9-8-10-12-20/h8-12,15,17,22,24H,7,13-14,16,18H2,1-6H3,(H,31,37)(H,32,36)/i6D3. The number of para-hydroxylation sites is 1. The third-order valence-electron chi connectivity index (χ3n) is 6.29. The molecule has 1 aliphatic heterocycles. The number of nitrogens with zero attached hydrogens (tertiary/aromatic N) is 4. The van der Waals surface area contributed by atoms with Gasteiger partial charge in [0.2, 0.25) is 11.8 Å². The lowest BCUT2D eigenvalue weighted by Crippen LogP contribution is -2.49. The lowest BCUT2D eigenvalue weighted by molar-refractivity contribution is -0.128. The lowest BCUT2D eigenvalue weighted by atomic mass is 9.88. The van der Waals surface area contributed by atoms with Crippen molar-refractivity contribution >= 4 is 39.3 Å². The van der Waals surface area contributed by atoms with Crippen molar-refractivity contribution in [3.05, 3.63) is 52.6 Å². The van der Waals surface area contributed by atoms with Crippen LogP contribution in [0, 0.1) is 5.41 Å². The van der Waals surface area contributed by atoms with Gasteiger partial charge in [-0.05, 0) is 73.5 Å². The number of carbonyl (C=O) groups is 3. The Morgan fingerprint density at radius 3 is 2.62 bits per heavy atom. The van der Waals surface area contributed by atoms with Gasteiger partial charge in [0.25, 0.3) is 11.8 Å². The number of ether oxygens (including phenoxy) is 1. The Morgan fingerprint density at radius 1 is 1.26 bits per heavy atom. The van der Waals surface area contributed by atoms with E-state index in [1.807, 2.05) is 32.8 Å². The van der Waals surface area contributed by atoms with Gasteiger partial charge < -0.3 is 20.3 Å². The van der Waals surface area contributed by atoms with Crippen LogP contribution in [0.5, 0.6) is 5.88 Å². The smallest absolute Gasteiger partial charge is 0.265 e. The van der Waals surface area contributed by atoms with Gasteiger partial charge in [-0.15, -0.1) is 0 Å². The van der Waals surface area contributed by atoms with Crippen LogP contribution >= 0.6 is 15.9 Å². The summed E-state index contributed by atoms with van der Waals surface area (Å²) in [7, 11) is 3.72. The molecule has 1 aliphatic rings. The second-order valence-corrected chi connectivity index (χ2v) is 11.4. The van der Waals surface area contributed by atoms with Crippen LogP contribution in [-0.4, -0.2) is 85.5 Å². The monoisotopic (exact) mass is 605 g/mol. The van der Waals surface area contributed by atoms with E-state index in [2.05, 4.69) is 31.5 Å². The van der Waals surface area contributed by atoms with E-state index in [0.29, 0.717) is 29.7 Å². The maximum absolute atomic E-state index is 13.7. The summed E-state index contributed by atoms with van der Waals surface area (Å²) in [6.45, 7) is 3.80. The van der Waals surface area contributed by atoms with Gasteiger partial charge in [0.1, 0.15) is 11.6 Å². The van der Waals surface area contributed by atoms with Gasteiger partial charge in [0.15, 0.2) is 0 Å². The Kier molecular flexibility index (Phi) is 8.98. The number of aromatic nitrogens is 1. The van der Waals surface area contributed by atoms with E-state index in [1.165, 1.54) is 0 Å². The predicted molar refractivity (Wildman–Crippen MR) is 154 cm³/mol. The average Bonchev–Trinajstić information content (AvgIpc) is 3.18. The molecule has 2 unspecified atom stereocenters. The fourth-order valence-corrected chi connectivity index (χ4v) is 4.66. The van der Waals surface area contributed by atoms with Gasteiger partial charge in [-0.1, -0.05) is 32.0 Å². The first-order valence-electron chi connectivity index (χ1n) is 14.3. The van der Waals surface area contributed by atoms with Crippen molar-refractivity contribution in [2.24, 2.45) is 5.41 Å². The van der Waals surface area contributed by atoms with E-state index in [1.54, 1.807) is 49.5 Å². The highest BCUT2D eigenvalue weighted by molar-refractivity contribution is 9.10. The molecule has 2 N–H and O–H groups in total. The first-order valence-corrected chi connectivity index (χ1v) is 13.6. The minimum atomic E-state index is -2.63. The molecule has 0 spiro atoms. The molecule has 1 aromatic carbocycles. The van der Waals surface area contributed by atoms with Gasteiger partial charge in [-0.2, -0.15) is 0 Å². The fourth-order valence-electron chi connectivity index (χ4n) is 4.33. The molecule has 2 aromatic rings. The van der Waals surface area contributed by atoms with E-state index in [9.17, 15) is 14.4 Å². The molecular formula is C28H39BrN6O4. The summed E-state index contributed by atoms with van der Waals surface area (Å²) in [5.41, 5.74) is -0.0338. The van der Waals surface area contributed by atoms with Crippen molar-refractivity contribution in [1.29, 1.82) is 0 Å². The summed E-state index contributed by atoms with van der Waals surface area (Å²) in [6, 6.07) is 8.27. The number of likely N-dealkylation sites (N-methyl/N-ethyl adjacent to an activating group) is 1. The van der Waals surface area contributed by atoms with Crippen molar-refractivity contribution in [2.45, 2.75) is 45.7 Å². The van der Waals surface area contributed by atoms with Crippen LogP contribution < -0.4 is 20.4 Å². The molecule has 3 amide bonds. The number of hydrogen-bond donors (Lipinski definition) is 2. The first-order chi connectivity index (χ1) is 19.6. The number of rotatable bonds is 12. The number of hydrogen-bond acceptors (Lipinski definition) is 7. The molecule has 0 aliphatic carbocycles. The van der Waals surface area contributed by atoms with Crippen LogP contribution in [-0.2, 0) is 9.59 Å². The fraction of sp³-hybridized carbons (Fsp3) is 0.500. The van der Waals surface area contributed by atoms with Gasteiger partial charge in [0, 0.05) is 34.7 Å². The highest BCUT2D eigenvalue weighted by Crippen LogP contribution is 2.29. The lowest BCUT2D eigenvalue weighted by Gasteiger charge is -2.29. The summed E-state index contributed by atoms with van der Waals surface area (Å²) in [6.07, 6.45) is 1.84. The third-order valence-corrected chi connectivity index (χ3v) is 6.72. The van der Waals surface area contributed by atoms with Gasteiger partial charge in [0.05, 0.1) is 18.3 Å². The normalized spacial score (nSPS) is 19.4. The zero-order valence-electron chi connectivity index (χ0n) is 26.0.